The van der Waals surface area contributed by atoms with Crippen molar-refractivity contribution in [3.63, 3.8) is 0 Å². The highest BCUT2D eigenvalue weighted by Crippen LogP contribution is 2.26. The summed E-state index contributed by atoms with van der Waals surface area (Å²) >= 11 is 1.50. The second-order valence-corrected chi connectivity index (χ2v) is 7.03. The highest BCUT2D eigenvalue weighted by Gasteiger charge is 2.17. The molecule has 3 aromatic rings. The Bertz CT molecular complexity index is 852. The monoisotopic (exact) mass is 441 g/mol. The zero-order chi connectivity index (χ0) is 18.4. The second kappa shape index (κ2) is 11.9. The molecule has 0 saturated heterocycles. The number of hydrogen-bond acceptors (Lipinski definition) is 5. The molecule has 0 radical (unpaired) electrons. The van der Waals surface area contributed by atoms with Crippen LogP contribution in [0.1, 0.15) is 23.4 Å². The summed E-state index contributed by atoms with van der Waals surface area (Å²) < 4.78 is 5.61. The van der Waals surface area contributed by atoms with Crippen molar-refractivity contribution in [2.75, 3.05) is 13.1 Å². The van der Waals surface area contributed by atoms with Gasteiger partial charge in [0, 0.05) is 18.5 Å². The van der Waals surface area contributed by atoms with E-state index in [2.05, 4.69) is 4.98 Å². The molecule has 1 aromatic carbocycles. The van der Waals surface area contributed by atoms with Gasteiger partial charge in [0.15, 0.2) is 10.8 Å². The van der Waals surface area contributed by atoms with E-state index < -0.39 is 0 Å². The molecule has 5 nitrogen and oxygen atoms in total. The van der Waals surface area contributed by atoms with Crippen LogP contribution in [0.4, 0.5) is 0 Å². The molecule has 2 heterocycles. The lowest BCUT2D eigenvalue weighted by molar-refractivity contribution is -0.131. The minimum atomic E-state index is 0. The third-order valence-electron chi connectivity index (χ3n) is 4.04. The Morgan fingerprint density at radius 1 is 1.18 bits per heavy atom. The summed E-state index contributed by atoms with van der Waals surface area (Å²) in [5.41, 5.74) is 7.52. The predicted octanol–water partition coefficient (Wildman–Crippen LogP) is 4.48. The number of hydrogen-bond donors (Lipinski definition) is 1. The third-order valence-corrected chi connectivity index (χ3v) is 4.94. The van der Waals surface area contributed by atoms with Crippen LogP contribution < -0.4 is 5.73 Å². The van der Waals surface area contributed by atoms with Gasteiger partial charge < -0.3 is 15.1 Å². The SMILES string of the molecule is Cc1ccc(-c2nc(CC(=O)N(CCCN)Cc3ccccc3)cs2)o1.Cl.Cl. The maximum Gasteiger partial charge on any atom is 0.228 e. The number of benzene rings is 1. The van der Waals surface area contributed by atoms with Gasteiger partial charge in [-0.3, -0.25) is 4.79 Å². The number of amides is 1. The van der Waals surface area contributed by atoms with E-state index in [0.717, 1.165) is 34.2 Å². The summed E-state index contributed by atoms with van der Waals surface area (Å²) in [5.74, 6) is 1.66. The highest BCUT2D eigenvalue weighted by atomic mass is 35.5. The zero-order valence-corrected chi connectivity index (χ0v) is 18.1. The first-order valence-corrected chi connectivity index (χ1v) is 9.56. The molecule has 0 atom stereocenters. The standard InChI is InChI=1S/C20H23N3O2S.2ClH/c1-15-8-9-18(25-15)20-22-17(14-26-20)12-19(24)23(11-5-10-21)13-16-6-3-2-4-7-16;;/h2-4,6-9,14H,5,10-13,21H2,1H3;2*1H. The molecule has 0 fully saturated rings. The Balaban J connectivity index is 0.00000196. The number of aromatic nitrogens is 1. The molecule has 0 aliphatic rings. The summed E-state index contributed by atoms with van der Waals surface area (Å²) in [7, 11) is 0. The summed E-state index contributed by atoms with van der Waals surface area (Å²) in [5, 5.41) is 2.73. The number of nitrogens with zero attached hydrogens (tertiary/aromatic N) is 2. The van der Waals surface area contributed by atoms with E-state index in [1.165, 1.54) is 11.3 Å². The highest BCUT2D eigenvalue weighted by molar-refractivity contribution is 7.13. The van der Waals surface area contributed by atoms with Gasteiger partial charge in [-0.2, -0.15) is 0 Å². The molecule has 152 valence electrons. The molecule has 0 spiro atoms. The van der Waals surface area contributed by atoms with Gasteiger partial charge in [-0.15, -0.1) is 36.2 Å². The van der Waals surface area contributed by atoms with Crippen molar-refractivity contribution in [2.45, 2.75) is 26.3 Å². The third kappa shape index (κ3) is 6.63. The van der Waals surface area contributed by atoms with E-state index in [1.54, 1.807) is 0 Å². The minimum Gasteiger partial charge on any atom is -0.459 e. The van der Waals surface area contributed by atoms with Crippen LogP contribution in [0.3, 0.4) is 0 Å². The molecule has 0 saturated carbocycles. The number of carbonyl (C=O) groups excluding carboxylic acids is 1. The number of aryl methyl sites for hydroxylation is 1. The van der Waals surface area contributed by atoms with Crippen molar-refractivity contribution in [1.82, 2.24) is 9.88 Å². The molecule has 0 unspecified atom stereocenters. The quantitative estimate of drug-likeness (QED) is 0.559. The molecule has 2 N–H and O–H groups in total. The number of furan rings is 1. The number of rotatable bonds is 8. The van der Waals surface area contributed by atoms with E-state index >= 15 is 0 Å². The normalized spacial score (nSPS) is 10.1. The fourth-order valence-electron chi connectivity index (χ4n) is 2.70. The van der Waals surface area contributed by atoms with Crippen LogP contribution in [0.5, 0.6) is 0 Å². The van der Waals surface area contributed by atoms with Gasteiger partial charge in [0.2, 0.25) is 5.91 Å². The molecule has 0 aliphatic heterocycles. The topological polar surface area (TPSA) is 72.4 Å². The molecular weight excluding hydrogens is 417 g/mol. The average molecular weight is 442 g/mol. The van der Waals surface area contributed by atoms with Gasteiger partial charge >= 0.3 is 0 Å². The van der Waals surface area contributed by atoms with Crippen LogP contribution in [0.25, 0.3) is 10.8 Å². The van der Waals surface area contributed by atoms with Crippen LogP contribution in [0.2, 0.25) is 0 Å². The Morgan fingerprint density at radius 3 is 2.57 bits per heavy atom. The van der Waals surface area contributed by atoms with Crippen molar-refractivity contribution < 1.29 is 9.21 Å². The van der Waals surface area contributed by atoms with Gasteiger partial charge in [0.1, 0.15) is 5.76 Å². The molecule has 0 aliphatic carbocycles. The molecule has 3 rings (SSSR count). The number of carbonyl (C=O) groups is 1. The molecular formula is C20H25Cl2N3O2S. The fourth-order valence-corrected chi connectivity index (χ4v) is 3.47. The van der Waals surface area contributed by atoms with Gasteiger partial charge in [-0.05, 0) is 37.6 Å². The maximum atomic E-state index is 12.8. The van der Waals surface area contributed by atoms with E-state index in [0.29, 0.717) is 19.6 Å². The Labute approximate surface area is 181 Å². The summed E-state index contributed by atoms with van der Waals surface area (Å²) in [4.78, 5) is 19.2. The fraction of sp³-hybridized carbons (Fsp3) is 0.300. The lowest BCUT2D eigenvalue weighted by Crippen LogP contribution is -2.33. The Hall–Kier alpha value is -1.86. The maximum absolute atomic E-state index is 12.8. The lowest BCUT2D eigenvalue weighted by atomic mass is 10.2. The van der Waals surface area contributed by atoms with Crippen LogP contribution >= 0.6 is 36.2 Å². The minimum absolute atomic E-state index is 0. The molecule has 0 bridgehead atoms. The first-order valence-electron chi connectivity index (χ1n) is 8.68. The smallest absolute Gasteiger partial charge is 0.228 e. The largest absolute Gasteiger partial charge is 0.459 e. The lowest BCUT2D eigenvalue weighted by Gasteiger charge is -2.22. The zero-order valence-electron chi connectivity index (χ0n) is 15.7. The van der Waals surface area contributed by atoms with E-state index in [-0.39, 0.29) is 37.1 Å². The van der Waals surface area contributed by atoms with Gasteiger partial charge in [0.25, 0.3) is 0 Å². The van der Waals surface area contributed by atoms with Crippen molar-refractivity contribution in [3.8, 4) is 10.8 Å². The van der Waals surface area contributed by atoms with Crippen molar-refractivity contribution >= 4 is 42.1 Å². The Morgan fingerprint density at radius 2 is 1.93 bits per heavy atom. The van der Waals surface area contributed by atoms with Crippen LogP contribution in [0, 0.1) is 6.92 Å². The molecule has 8 heteroatoms. The molecule has 1 amide bonds. The van der Waals surface area contributed by atoms with E-state index in [1.807, 2.05) is 59.7 Å². The number of halogens is 2. The summed E-state index contributed by atoms with van der Waals surface area (Å²) in [6.45, 7) is 3.71. The summed E-state index contributed by atoms with van der Waals surface area (Å²) in [6.07, 6.45) is 1.07. The van der Waals surface area contributed by atoms with Crippen LogP contribution in [0.15, 0.2) is 52.3 Å². The second-order valence-electron chi connectivity index (χ2n) is 6.17. The van der Waals surface area contributed by atoms with E-state index in [4.69, 9.17) is 10.2 Å². The van der Waals surface area contributed by atoms with Gasteiger partial charge in [0.05, 0.1) is 12.1 Å². The van der Waals surface area contributed by atoms with E-state index in [9.17, 15) is 4.79 Å². The number of nitrogens with two attached hydrogens (primary N) is 1. The molecule has 28 heavy (non-hydrogen) atoms. The Kier molecular flexibility index (Phi) is 10.2. The number of thiazole rings is 1. The van der Waals surface area contributed by atoms with Crippen molar-refractivity contribution in [3.05, 3.63) is 64.9 Å². The van der Waals surface area contributed by atoms with Gasteiger partial charge in [-0.25, -0.2) is 4.98 Å². The first-order chi connectivity index (χ1) is 12.7. The van der Waals surface area contributed by atoms with Crippen molar-refractivity contribution in [2.24, 2.45) is 5.73 Å². The average Bonchev–Trinajstić information content (AvgIpc) is 3.28. The van der Waals surface area contributed by atoms with Gasteiger partial charge in [-0.1, -0.05) is 30.3 Å². The molecule has 2 aromatic heterocycles. The predicted molar refractivity (Wildman–Crippen MR) is 118 cm³/mol. The van der Waals surface area contributed by atoms with Crippen molar-refractivity contribution in [1.29, 1.82) is 0 Å². The van der Waals surface area contributed by atoms with Crippen LogP contribution in [-0.2, 0) is 17.8 Å². The van der Waals surface area contributed by atoms with Crippen LogP contribution in [-0.4, -0.2) is 28.9 Å². The summed E-state index contributed by atoms with van der Waals surface area (Å²) in [6, 6.07) is 13.8. The first kappa shape index (κ1) is 24.2.